The predicted molar refractivity (Wildman–Crippen MR) is 77.8 cm³/mol. The number of sulfonamides is 1. The summed E-state index contributed by atoms with van der Waals surface area (Å²) in [6, 6.07) is 7.10. The zero-order valence-corrected chi connectivity index (χ0v) is 12.8. The van der Waals surface area contributed by atoms with Crippen LogP contribution in [-0.4, -0.2) is 27.2 Å². The highest BCUT2D eigenvalue weighted by molar-refractivity contribution is 14.1. The van der Waals surface area contributed by atoms with Gasteiger partial charge in [0, 0.05) is 9.99 Å². The summed E-state index contributed by atoms with van der Waals surface area (Å²) in [5, 5.41) is 0. The number of hydrogen-bond acceptors (Lipinski definition) is 4. The van der Waals surface area contributed by atoms with Crippen molar-refractivity contribution >= 4 is 44.3 Å². The number of hydrogen-bond donors (Lipinski definition) is 1. The molecule has 0 heterocycles. The largest absolute Gasteiger partial charge is 0.469 e. The van der Waals surface area contributed by atoms with E-state index < -0.39 is 16.0 Å². The van der Waals surface area contributed by atoms with Crippen molar-refractivity contribution in [3.05, 3.63) is 27.8 Å². The molecule has 0 saturated heterocycles. The van der Waals surface area contributed by atoms with Gasteiger partial charge in [0.1, 0.15) is 0 Å². The van der Waals surface area contributed by atoms with E-state index in [1.165, 1.54) is 7.11 Å². The first kappa shape index (κ1) is 15.2. The summed E-state index contributed by atoms with van der Waals surface area (Å²) in [4.78, 5) is 10.9. The Morgan fingerprint density at radius 1 is 1.39 bits per heavy atom. The molecule has 100 valence electrons. The van der Waals surface area contributed by atoms with Gasteiger partial charge >= 0.3 is 5.97 Å². The van der Waals surface area contributed by atoms with Gasteiger partial charge in [0.15, 0.2) is 0 Å². The lowest BCUT2D eigenvalue weighted by Gasteiger charge is -2.09. The number of carbonyl (C=O) groups is 1. The second-order valence-electron chi connectivity index (χ2n) is 3.58. The molecule has 1 aromatic carbocycles. The van der Waals surface area contributed by atoms with Gasteiger partial charge in [-0.2, -0.15) is 0 Å². The fourth-order valence-electron chi connectivity index (χ4n) is 1.27. The molecule has 7 heteroatoms. The van der Waals surface area contributed by atoms with Crippen molar-refractivity contribution in [2.24, 2.45) is 0 Å². The molecule has 5 nitrogen and oxygen atoms in total. The topological polar surface area (TPSA) is 72.5 Å². The van der Waals surface area contributed by atoms with Crippen LogP contribution in [0.5, 0.6) is 0 Å². The van der Waals surface area contributed by atoms with Crippen molar-refractivity contribution in [3.63, 3.8) is 0 Å². The third-order valence-corrected chi connectivity index (χ3v) is 4.46. The predicted octanol–water partition coefficient (Wildman–Crippen LogP) is 1.99. The normalized spacial score (nSPS) is 11.0. The van der Waals surface area contributed by atoms with E-state index in [2.05, 4.69) is 32.0 Å². The maximum absolute atomic E-state index is 11.8. The molecule has 1 rings (SSSR count). The van der Waals surface area contributed by atoms with E-state index in [0.717, 1.165) is 3.57 Å². The Morgan fingerprint density at radius 3 is 2.67 bits per heavy atom. The first-order valence-corrected chi connectivity index (χ1v) is 7.99. The van der Waals surface area contributed by atoms with Gasteiger partial charge in [-0.05, 0) is 41.1 Å². The van der Waals surface area contributed by atoms with Gasteiger partial charge in [-0.1, -0.05) is 12.1 Å². The standard InChI is InChI=1S/C11H14INO4S/c1-17-11(14)7-4-8-18(15,16)13-10-6-3-2-5-9(10)12/h2-3,5-6,13H,4,7-8H2,1H3. The lowest BCUT2D eigenvalue weighted by Crippen LogP contribution is -2.18. The molecular weight excluding hydrogens is 369 g/mol. The maximum atomic E-state index is 11.8. The van der Waals surface area contributed by atoms with E-state index in [1.54, 1.807) is 12.1 Å². The number of ether oxygens (including phenoxy) is 1. The molecule has 0 aliphatic carbocycles. The summed E-state index contributed by atoms with van der Waals surface area (Å²) in [5.41, 5.74) is 0.552. The summed E-state index contributed by atoms with van der Waals surface area (Å²) in [6.07, 6.45) is 0.342. The molecule has 0 atom stereocenters. The van der Waals surface area contributed by atoms with Gasteiger partial charge in [0.25, 0.3) is 0 Å². The Bertz CT molecular complexity index is 516. The number of halogens is 1. The number of rotatable bonds is 6. The van der Waals surface area contributed by atoms with Crippen molar-refractivity contribution in [1.29, 1.82) is 0 Å². The van der Waals surface area contributed by atoms with Crippen LogP contribution in [0.3, 0.4) is 0 Å². The monoisotopic (exact) mass is 383 g/mol. The second kappa shape index (κ2) is 6.93. The average molecular weight is 383 g/mol. The van der Waals surface area contributed by atoms with Crippen LogP contribution in [0.2, 0.25) is 0 Å². The molecule has 0 bridgehead atoms. The number of nitrogens with one attached hydrogen (secondary N) is 1. The first-order chi connectivity index (χ1) is 8.44. The van der Waals surface area contributed by atoms with Gasteiger partial charge in [-0.25, -0.2) is 8.42 Å². The van der Waals surface area contributed by atoms with Crippen LogP contribution in [0.15, 0.2) is 24.3 Å². The Morgan fingerprint density at radius 2 is 2.06 bits per heavy atom. The van der Waals surface area contributed by atoms with Gasteiger partial charge in [-0.15, -0.1) is 0 Å². The number of carbonyl (C=O) groups excluding carboxylic acids is 1. The minimum absolute atomic E-state index is 0.100. The Kier molecular flexibility index (Phi) is 5.86. The maximum Gasteiger partial charge on any atom is 0.305 e. The molecule has 0 fully saturated rings. The fraction of sp³-hybridized carbons (Fsp3) is 0.364. The van der Waals surface area contributed by atoms with E-state index in [9.17, 15) is 13.2 Å². The van der Waals surface area contributed by atoms with Crippen LogP contribution >= 0.6 is 22.6 Å². The zero-order chi connectivity index (χ0) is 13.6. The van der Waals surface area contributed by atoms with Crippen molar-refractivity contribution in [3.8, 4) is 0 Å². The molecule has 0 aromatic heterocycles. The van der Waals surface area contributed by atoms with Gasteiger partial charge in [0.05, 0.1) is 18.6 Å². The number of benzene rings is 1. The van der Waals surface area contributed by atoms with Crippen molar-refractivity contribution in [2.75, 3.05) is 17.6 Å². The lowest BCUT2D eigenvalue weighted by molar-refractivity contribution is -0.140. The average Bonchev–Trinajstić information content (AvgIpc) is 2.31. The molecule has 0 aliphatic heterocycles. The Labute approximate surface area is 120 Å². The highest BCUT2D eigenvalue weighted by atomic mass is 127. The lowest BCUT2D eigenvalue weighted by atomic mass is 10.3. The third kappa shape index (κ3) is 5.21. The van der Waals surface area contributed by atoms with E-state index in [0.29, 0.717) is 5.69 Å². The van der Waals surface area contributed by atoms with Gasteiger partial charge in [0.2, 0.25) is 10.0 Å². The molecule has 0 saturated carbocycles. The number of methoxy groups -OCH3 is 1. The first-order valence-electron chi connectivity index (χ1n) is 5.26. The number of esters is 1. The van der Waals surface area contributed by atoms with Crippen molar-refractivity contribution in [1.82, 2.24) is 0 Å². The molecule has 0 unspecified atom stereocenters. The number of anilines is 1. The molecular formula is C11H14INO4S. The van der Waals surface area contributed by atoms with Crippen LogP contribution in [-0.2, 0) is 19.6 Å². The second-order valence-corrected chi connectivity index (χ2v) is 6.58. The minimum atomic E-state index is -3.42. The van der Waals surface area contributed by atoms with Gasteiger partial charge in [-0.3, -0.25) is 9.52 Å². The van der Waals surface area contributed by atoms with Crippen LogP contribution in [0.1, 0.15) is 12.8 Å². The summed E-state index contributed by atoms with van der Waals surface area (Å²) < 4.78 is 31.3. The highest BCUT2D eigenvalue weighted by Crippen LogP contribution is 2.18. The zero-order valence-electron chi connectivity index (χ0n) is 9.85. The fourth-order valence-corrected chi connectivity index (χ4v) is 3.12. The summed E-state index contributed by atoms with van der Waals surface area (Å²) in [7, 11) is -2.14. The summed E-state index contributed by atoms with van der Waals surface area (Å²) in [6.45, 7) is 0. The Hall–Kier alpha value is -0.830. The van der Waals surface area contributed by atoms with E-state index in [-0.39, 0.29) is 18.6 Å². The van der Waals surface area contributed by atoms with Crippen LogP contribution < -0.4 is 4.72 Å². The number of para-hydroxylation sites is 1. The molecule has 0 spiro atoms. The van der Waals surface area contributed by atoms with E-state index in [1.807, 2.05) is 12.1 Å². The molecule has 0 amide bonds. The minimum Gasteiger partial charge on any atom is -0.469 e. The van der Waals surface area contributed by atoms with Crippen molar-refractivity contribution < 1.29 is 17.9 Å². The van der Waals surface area contributed by atoms with Crippen LogP contribution in [0, 0.1) is 3.57 Å². The van der Waals surface area contributed by atoms with Gasteiger partial charge < -0.3 is 4.74 Å². The molecule has 1 aromatic rings. The van der Waals surface area contributed by atoms with E-state index in [4.69, 9.17) is 0 Å². The SMILES string of the molecule is COC(=O)CCCS(=O)(=O)Nc1ccccc1I. The molecule has 1 N–H and O–H groups in total. The molecule has 0 radical (unpaired) electrons. The Balaban J connectivity index is 2.55. The van der Waals surface area contributed by atoms with E-state index >= 15 is 0 Å². The summed E-state index contributed by atoms with van der Waals surface area (Å²) >= 11 is 2.05. The third-order valence-electron chi connectivity index (χ3n) is 2.16. The smallest absolute Gasteiger partial charge is 0.305 e. The highest BCUT2D eigenvalue weighted by Gasteiger charge is 2.13. The van der Waals surface area contributed by atoms with Crippen LogP contribution in [0.4, 0.5) is 5.69 Å². The quantitative estimate of drug-likeness (QED) is 0.603. The van der Waals surface area contributed by atoms with Crippen molar-refractivity contribution in [2.45, 2.75) is 12.8 Å². The summed E-state index contributed by atoms with van der Waals surface area (Å²) in [5.74, 6) is -0.507. The van der Waals surface area contributed by atoms with Crippen LogP contribution in [0.25, 0.3) is 0 Å². The molecule has 0 aliphatic rings. The molecule has 18 heavy (non-hydrogen) atoms.